The van der Waals surface area contributed by atoms with Crippen LogP contribution in [0.5, 0.6) is 0 Å². The highest BCUT2D eigenvalue weighted by molar-refractivity contribution is 5.07. The molecular weight excluding hydrogens is 174 g/mol. The Morgan fingerprint density at radius 2 is 2.36 bits per heavy atom. The highest BCUT2D eigenvalue weighted by Gasteiger charge is 2.42. The summed E-state index contributed by atoms with van der Waals surface area (Å²) >= 11 is 0. The van der Waals surface area contributed by atoms with E-state index in [-0.39, 0.29) is 0 Å². The molecule has 0 aromatic carbocycles. The molecule has 2 heteroatoms. The highest BCUT2D eigenvalue weighted by atomic mass is 16.3. The van der Waals surface area contributed by atoms with Crippen LogP contribution >= 0.6 is 0 Å². The van der Waals surface area contributed by atoms with Gasteiger partial charge >= 0.3 is 0 Å². The van der Waals surface area contributed by atoms with Crippen LogP contribution in [0.2, 0.25) is 0 Å². The van der Waals surface area contributed by atoms with Crippen LogP contribution in [0, 0.1) is 5.41 Å². The van der Waals surface area contributed by atoms with Crippen molar-refractivity contribution in [3.05, 3.63) is 24.2 Å². The third-order valence-corrected chi connectivity index (χ3v) is 3.01. The van der Waals surface area contributed by atoms with E-state index in [9.17, 15) is 0 Å². The van der Waals surface area contributed by atoms with Crippen molar-refractivity contribution < 1.29 is 4.42 Å². The van der Waals surface area contributed by atoms with E-state index in [2.05, 4.69) is 18.3 Å². The Balaban J connectivity index is 1.79. The summed E-state index contributed by atoms with van der Waals surface area (Å²) in [7, 11) is 0. The summed E-state index contributed by atoms with van der Waals surface area (Å²) in [6.45, 7) is 4.50. The standard InChI is InChI=1S/C12H19NO/c1-2-7-13-10-12(5-6-12)9-11-4-3-8-14-11/h3-4,8,13H,2,5-7,9-10H2,1H3. The van der Waals surface area contributed by atoms with Crippen molar-refractivity contribution in [1.29, 1.82) is 0 Å². The van der Waals surface area contributed by atoms with Crippen molar-refractivity contribution in [1.82, 2.24) is 5.32 Å². The van der Waals surface area contributed by atoms with Gasteiger partial charge in [-0.05, 0) is 43.4 Å². The highest BCUT2D eigenvalue weighted by Crippen LogP contribution is 2.47. The van der Waals surface area contributed by atoms with E-state index in [1.165, 1.54) is 19.3 Å². The fourth-order valence-electron chi connectivity index (χ4n) is 1.91. The summed E-state index contributed by atoms with van der Waals surface area (Å²) in [6, 6.07) is 4.06. The first-order valence-corrected chi connectivity index (χ1v) is 5.58. The van der Waals surface area contributed by atoms with Crippen LogP contribution in [0.4, 0.5) is 0 Å². The van der Waals surface area contributed by atoms with Crippen LogP contribution < -0.4 is 5.32 Å². The molecule has 0 unspecified atom stereocenters. The SMILES string of the molecule is CCCNCC1(Cc2ccco2)CC1. The molecule has 0 spiro atoms. The molecule has 2 nitrogen and oxygen atoms in total. The summed E-state index contributed by atoms with van der Waals surface area (Å²) < 4.78 is 5.39. The molecule has 1 aromatic rings. The summed E-state index contributed by atoms with van der Waals surface area (Å²) in [6.07, 6.45) is 6.80. The first-order chi connectivity index (χ1) is 6.85. The molecule has 1 heterocycles. The second kappa shape index (κ2) is 4.18. The molecule has 1 saturated carbocycles. The zero-order chi connectivity index (χ0) is 9.86. The van der Waals surface area contributed by atoms with E-state index in [1.54, 1.807) is 6.26 Å². The van der Waals surface area contributed by atoms with Crippen molar-refractivity contribution in [2.24, 2.45) is 5.41 Å². The van der Waals surface area contributed by atoms with Gasteiger partial charge in [-0.2, -0.15) is 0 Å². The number of hydrogen-bond donors (Lipinski definition) is 1. The second-order valence-electron chi connectivity index (χ2n) is 4.43. The Labute approximate surface area is 85.7 Å². The zero-order valence-electron chi connectivity index (χ0n) is 8.88. The molecule has 0 radical (unpaired) electrons. The Morgan fingerprint density at radius 3 is 2.93 bits per heavy atom. The minimum Gasteiger partial charge on any atom is -0.469 e. The first kappa shape index (κ1) is 9.78. The molecule has 0 bridgehead atoms. The lowest BCUT2D eigenvalue weighted by Gasteiger charge is -2.13. The Bertz CT molecular complexity index is 262. The van der Waals surface area contributed by atoms with E-state index in [1.807, 2.05) is 6.07 Å². The third kappa shape index (κ3) is 2.38. The minimum absolute atomic E-state index is 0.521. The average molecular weight is 193 g/mol. The van der Waals surface area contributed by atoms with Crippen molar-refractivity contribution in [2.75, 3.05) is 13.1 Å². The van der Waals surface area contributed by atoms with Gasteiger partial charge in [0.25, 0.3) is 0 Å². The smallest absolute Gasteiger partial charge is 0.104 e. The van der Waals surface area contributed by atoms with E-state index in [0.717, 1.165) is 25.3 Å². The molecule has 1 aliphatic rings. The van der Waals surface area contributed by atoms with Gasteiger partial charge in [0.1, 0.15) is 5.76 Å². The van der Waals surface area contributed by atoms with E-state index < -0.39 is 0 Å². The number of nitrogens with one attached hydrogen (secondary N) is 1. The van der Waals surface area contributed by atoms with Crippen molar-refractivity contribution in [2.45, 2.75) is 32.6 Å². The normalized spacial score (nSPS) is 18.4. The minimum atomic E-state index is 0.521. The predicted octanol–water partition coefficient (Wildman–Crippen LogP) is 2.60. The molecule has 0 aliphatic heterocycles. The van der Waals surface area contributed by atoms with Crippen molar-refractivity contribution in [3.63, 3.8) is 0 Å². The number of furan rings is 1. The summed E-state index contributed by atoms with van der Waals surface area (Å²) in [5.41, 5.74) is 0.521. The van der Waals surface area contributed by atoms with E-state index >= 15 is 0 Å². The van der Waals surface area contributed by atoms with Crippen LogP contribution in [-0.2, 0) is 6.42 Å². The molecule has 2 rings (SSSR count). The van der Waals surface area contributed by atoms with E-state index in [4.69, 9.17) is 4.42 Å². The molecule has 0 atom stereocenters. The largest absolute Gasteiger partial charge is 0.469 e. The number of rotatable bonds is 6. The molecule has 1 aliphatic carbocycles. The molecule has 1 fully saturated rings. The lowest BCUT2D eigenvalue weighted by Crippen LogP contribution is -2.26. The van der Waals surface area contributed by atoms with Gasteiger partial charge in [-0.25, -0.2) is 0 Å². The van der Waals surface area contributed by atoms with Gasteiger partial charge in [0.15, 0.2) is 0 Å². The van der Waals surface area contributed by atoms with Gasteiger partial charge in [-0.1, -0.05) is 6.92 Å². The Hall–Kier alpha value is -0.760. The predicted molar refractivity (Wildman–Crippen MR) is 57.2 cm³/mol. The summed E-state index contributed by atoms with van der Waals surface area (Å²) in [5.74, 6) is 1.14. The first-order valence-electron chi connectivity index (χ1n) is 5.58. The molecule has 1 aromatic heterocycles. The van der Waals surface area contributed by atoms with Crippen LogP contribution in [0.1, 0.15) is 31.9 Å². The lowest BCUT2D eigenvalue weighted by molar-refractivity contribution is 0.402. The molecule has 78 valence electrons. The fraction of sp³-hybridized carbons (Fsp3) is 0.667. The maximum atomic E-state index is 5.39. The van der Waals surface area contributed by atoms with Gasteiger partial charge in [0.05, 0.1) is 6.26 Å². The zero-order valence-corrected chi connectivity index (χ0v) is 8.88. The number of hydrogen-bond acceptors (Lipinski definition) is 2. The van der Waals surface area contributed by atoms with Gasteiger partial charge in [-0.3, -0.25) is 0 Å². The van der Waals surface area contributed by atoms with Gasteiger partial charge in [-0.15, -0.1) is 0 Å². The van der Waals surface area contributed by atoms with Crippen molar-refractivity contribution in [3.8, 4) is 0 Å². The quantitative estimate of drug-likeness (QED) is 0.702. The molecular formula is C12H19NO. The van der Waals surface area contributed by atoms with Gasteiger partial charge in [0, 0.05) is 13.0 Å². The fourth-order valence-corrected chi connectivity index (χ4v) is 1.91. The molecule has 0 saturated heterocycles. The molecule has 0 amide bonds. The topological polar surface area (TPSA) is 25.2 Å². The van der Waals surface area contributed by atoms with Crippen LogP contribution in [0.25, 0.3) is 0 Å². The summed E-state index contributed by atoms with van der Waals surface area (Å²) in [5, 5.41) is 3.51. The van der Waals surface area contributed by atoms with Crippen LogP contribution in [0.3, 0.4) is 0 Å². The maximum Gasteiger partial charge on any atom is 0.104 e. The van der Waals surface area contributed by atoms with Crippen LogP contribution in [-0.4, -0.2) is 13.1 Å². The molecule has 1 N–H and O–H groups in total. The third-order valence-electron chi connectivity index (χ3n) is 3.01. The van der Waals surface area contributed by atoms with Crippen LogP contribution in [0.15, 0.2) is 22.8 Å². The van der Waals surface area contributed by atoms with Gasteiger partial charge < -0.3 is 9.73 Å². The average Bonchev–Trinajstić information content (AvgIpc) is 2.75. The summed E-state index contributed by atoms with van der Waals surface area (Å²) in [4.78, 5) is 0. The van der Waals surface area contributed by atoms with E-state index in [0.29, 0.717) is 5.41 Å². The van der Waals surface area contributed by atoms with Crippen molar-refractivity contribution >= 4 is 0 Å². The second-order valence-corrected chi connectivity index (χ2v) is 4.43. The molecule has 14 heavy (non-hydrogen) atoms. The maximum absolute atomic E-state index is 5.39. The Kier molecular flexibility index (Phi) is 2.92. The Morgan fingerprint density at radius 1 is 1.50 bits per heavy atom. The lowest BCUT2D eigenvalue weighted by atomic mass is 10.0. The monoisotopic (exact) mass is 193 g/mol. The van der Waals surface area contributed by atoms with Gasteiger partial charge in [0.2, 0.25) is 0 Å².